The summed E-state index contributed by atoms with van der Waals surface area (Å²) in [5.41, 5.74) is -1.97. The van der Waals surface area contributed by atoms with Crippen LogP contribution in [0.25, 0.3) is 11.0 Å². The van der Waals surface area contributed by atoms with Crippen LogP contribution in [0.2, 0.25) is 0 Å². The molecule has 33 heavy (non-hydrogen) atoms. The summed E-state index contributed by atoms with van der Waals surface area (Å²) in [5.74, 6) is -0.988. The highest BCUT2D eigenvalue weighted by molar-refractivity contribution is 5.85. The van der Waals surface area contributed by atoms with Crippen molar-refractivity contribution < 1.29 is 36.7 Å². The van der Waals surface area contributed by atoms with Gasteiger partial charge in [-0.1, -0.05) is 43.7 Å². The van der Waals surface area contributed by atoms with E-state index in [4.69, 9.17) is 13.9 Å². The molecule has 0 spiro atoms. The number of hydrogen-bond donors (Lipinski definition) is 1. The van der Waals surface area contributed by atoms with Crippen molar-refractivity contribution in [2.24, 2.45) is 0 Å². The first-order valence-electron chi connectivity index (χ1n) is 10.0. The van der Waals surface area contributed by atoms with Crippen LogP contribution in [-0.4, -0.2) is 18.1 Å². The number of nitrogens with one attached hydrogen (secondary N) is 1. The quantitative estimate of drug-likeness (QED) is 0.307. The Morgan fingerprint density at radius 2 is 1.82 bits per heavy atom. The van der Waals surface area contributed by atoms with Crippen LogP contribution in [0, 0.1) is 0 Å². The van der Waals surface area contributed by atoms with E-state index in [0.717, 1.165) is 23.8 Å². The van der Waals surface area contributed by atoms with Crippen molar-refractivity contribution in [2.45, 2.75) is 38.6 Å². The smallest absolute Gasteiger partial charge is 0.417 e. The number of esters is 1. The highest BCUT2D eigenvalue weighted by Crippen LogP contribution is 2.34. The predicted molar refractivity (Wildman–Crippen MR) is 112 cm³/mol. The second-order valence-corrected chi connectivity index (χ2v) is 7.10. The topological polar surface area (TPSA) is 94.8 Å². The molecule has 3 rings (SSSR count). The maximum absolute atomic E-state index is 13.2. The largest absolute Gasteiger partial charge is 0.445 e. The van der Waals surface area contributed by atoms with Gasteiger partial charge in [0, 0.05) is 17.5 Å². The van der Waals surface area contributed by atoms with Crippen molar-refractivity contribution in [3.63, 3.8) is 0 Å². The van der Waals surface area contributed by atoms with Crippen LogP contribution >= 0.6 is 0 Å². The Morgan fingerprint density at radius 1 is 1.09 bits per heavy atom. The maximum atomic E-state index is 13.2. The first-order chi connectivity index (χ1) is 15.7. The van der Waals surface area contributed by atoms with E-state index < -0.39 is 35.5 Å². The number of benzene rings is 2. The van der Waals surface area contributed by atoms with Crippen molar-refractivity contribution in [1.82, 2.24) is 5.32 Å². The number of carbonyl (C=O) groups excluding carboxylic acids is 2. The van der Waals surface area contributed by atoms with E-state index >= 15 is 0 Å². The highest BCUT2D eigenvalue weighted by Gasteiger charge is 2.34. The van der Waals surface area contributed by atoms with Crippen LogP contribution in [0.3, 0.4) is 0 Å². The Bertz CT molecular complexity index is 1190. The second kappa shape index (κ2) is 10.2. The molecule has 1 amide bonds. The lowest BCUT2D eigenvalue weighted by molar-refractivity contribution is -0.137. The fourth-order valence-corrected chi connectivity index (χ4v) is 3.07. The van der Waals surface area contributed by atoms with Gasteiger partial charge in [-0.2, -0.15) is 13.2 Å². The minimum Gasteiger partial charge on any atom is -0.445 e. The zero-order valence-corrected chi connectivity index (χ0v) is 17.5. The first kappa shape index (κ1) is 23.8. The van der Waals surface area contributed by atoms with E-state index in [2.05, 4.69) is 5.32 Å². The monoisotopic (exact) mass is 463 g/mol. The summed E-state index contributed by atoms with van der Waals surface area (Å²) in [4.78, 5) is 36.2. The van der Waals surface area contributed by atoms with Gasteiger partial charge >= 0.3 is 23.9 Å². The van der Waals surface area contributed by atoms with Gasteiger partial charge in [0.25, 0.3) is 0 Å². The number of amides is 1. The molecule has 0 radical (unpaired) electrons. The van der Waals surface area contributed by atoms with Crippen molar-refractivity contribution in [1.29, 1.82) is 0 Å². The van der Waals surface area contributed by atoms with Crippen LogP contribution in [0.5, 0.6) is 5.75 Å². The van der Waals surface area contributed by atoms with Gasteiger partial charge in [-0.3, -0.25) is 0 Å². The third kappa shape index (κ3) is 6.34. The van der Waals surface area contributed by atoms with Crippen molar-refractivity contribution in [2.75, 3.05) is 0 Å². The molecular weight excluding hydrogens is 443 g/mol. The van der Waals surface area contributed by atoms with Gasteiger partial charge < -0.3 is 19.2 Å². The van der Waals surface area contributed by atoms with Gasteiger partial charge in [-0.05, 0) is 24.1 Å². The van der Waals surface area contributed by atoms with E-state index in [0.29, 0.717) is 12.5 Å². The van der Waals surface area contributed by atoms with Gasteiger partial charge in [-0.15, -0.1) is 0 Å². The average molecular weight is 463 g/mol. The summed E-state index contributed by atoms with van der Waals surface area (Å²) in [6.07, 6.45) is -4.82. The van der Waals surface area contributed by atoms with E-state index in [1.807, 2.05) is 6.07 Å². The van der Waals surface area contributed by atoms with E-state index in [1.54, 1.807) is 31.2 Å². The summed E-state index contributed by atoms with van der Waals surface area (Å²) < 4.78 is 54.7. The third-order valence-corrected chi connectivity index (χ3v) is 4.61. The minimum absolute atomic E-state index is 0.00577. The number of rotatable bonds is 7. The van der Waals surface area contributed by atoms with Crippen molar-refractivity contribution in [3.8, 4) is 5.75 Å². The molecule has 7 nitrogen and oxygen atoms in total. The molecule has 1 unspecified atom stereocenters. The predicted octanol–water partition coefficient (Wildman–Crippen LogP) is 4.81. The Morgan fingerprint density at radius 3 is 2.48 bits per heavy atom. The summed E-state index contributed by atoms with van der Waals surface area (Å²) in [5, 5.41) is 2.07. The summed E-state index contributed by atoms with van der Waals surface area (Å²) >= 11 is 0. The zero-order valence-electron chi connectivity index (χ0n) is 17.5. The number of ether oxygens (including phenoxy) is 2. The number of alkyl halides is 3. The normalized spacial score (nSPS) is 12.2. The van der Waals surface area contributed by atoms with Crippen LogP contribution < -0.4 is 15.7 Å². The van der Waals surface area contributed by atoms with Crippen molar-refractivity contribution >= 4 is 23.0 Å². The molecule has 0 bridgehead atoms. The van der Waals surface area contributed by atoms with Crippen LogP contribution in [0.1, 0.15) is 30.9 Å². The molecule has 0 fully saturated rings. The molecule has 3 aromatic rings. The van der Waals surface area contributed by atoms with Crippen LogP contribution in [0.15, 0.2) is 63.8 Å². The van der Waals surface area contributed by atoms with Gasteiger partial charge in [0.2, 0.25) is 0 Å². The average Bonchev–Trinajstić information content (AvgIpc) is 2.76. The standard InChI is InChI=1S/C23H20F3NO6/c1-2-6-18(27-22(30)31-13-14-7-4-3-5-8-14)21(29)32-15-9-10-16-17(23(24,25)26)12-20(28)33-19(16)11-15/h3-5,7-12,18H,2,6,13H2,1H3,(H,27,30). The summed E-state index contributed by atoms with van der Waals surface area (Å²) in [7, 11) is 0. The molecule has 0 saturated carbocycles. The Hall–Kier alpha value is -3.82. The maximum Gasteiger partial charge on any atom is 0.417 e. The zero-order chi connectivity index (χ0) is 24.0. The third-order valence-electron chi connectivity index (χ3n) is 4.61. The van der Waals surface area contributed by atoms with Gasteiger partial charge in [0.1, 0.15) is 24.0 Å². The molecule has 1 N–H and O–H groups in total. The molecular formula is C23H20F3NO6. The Kier molecular flexibility index (Phi) is 7.37. The van der Waals surface area contributed by atoms with E-state index in [9.17, 15) is 27.6 Å². The molecule has 1 heterocycles. The Balaban J connectivity index is 1.71. The summed E-state index contributed by atoms with van der Waals surface area (Å²) in [6, 6.07) is 11.4. The lowest BCUT2D eigenvalue weighted by Gasteiger charge is -2.17. The lowest BCUT2D eigenvalue weighted by Crippen LogP contribution is -2.43. The van der Waals surface area contributed by atoms with Crippen molar-refractivity contribution in [3.05, 3.63) is 76.1 Å². The Labute approximate surface area is 186 Å². The van der Waals surface area contributed by atoms with Gasteiger partial charge in [0.15, 0.2) is 0 Å². The van der Waals surface area contributed by atoms with Crippen LogP contribution in [-0.2, 0) is 22.3 Å². The number of halogens is 3. The molecule has 1 atom stereocenters. The molecule has 1 aromatic heterocycles. The molecule has 0 aliphatic carbocycles. The summed E-state index contributed by atoms with van der Waals surface area (Å²) in [6.45, 7) is 1.80. The molecule has 2 aromatic carbocycles. The number of alkyl carbamates (subject to hydrolysis) is 1. The molecule has 174 valence electrons. The number of hydrogen-bond acceptors (Lipinski definition) is 6. The molecule has 0 aliphatic rings. The first-order valence-corrected chi connectivity index (χ1v) is 10.0. The fraction of sp³-hybridized carbons (Fsp3) is 0.261. The molecule has 0 aliphatic heterocycles. The highest BCUT2D eigenvalue weighted by atomic mass is 19.4. The minimum atomic E-state index is -4.76. The number of carbonyl (C=O) groups is 2. The molecule has 0 saturated heterocycles. The number of fused-ring (bicyclic) bond motifs is 1. The van der Waals surface area contributed by atoms with Gasteiger partial charge in [-0.25, -0.2) is 14.4 Å². The van der Waals surface area contributed by atoms with Crippen LogP contribution in [0.4, 0.5) is 18.0 Å². The van der Waals surface area contributed by atoms with E-state index in [1.165, 1.54) is 0 Å². The SMILES string of the molecule is CCCC(NC(=O)OCc1ccccc1)C(=O)Oc1ccc2c(C(F)(F)F)cc(=O)oc2c1. The lowest BCUT2D eigenvalue weighted by atomic mass is 10.1. The fourth-order valence-electron chi connectivity index (χ4n) is 3.07. The van der Waals surface area contributed by atoms with E-state index in [-0.39, 0.29) is 29.7 Å². The van der Waals surface area contributed by atoms with Gasteiger partial charge in [0.05, 0.1) is 5.56 Å². The molecule has 10 heteroatoms. The second-order valence-electron chi connectivity index (χ2n) is 7.10.